The van der Waals surface area contributed by atoms with Gasteiger partial charge in [-0.1, -0.05) is 171 Å². The lowest BCUT2D eigenvalue weighted by Gasteiger charge is -2.05. The van der Waals surface area contributed by atoms with Crippen LogP contribution in [0.1, 0.15) is 115 Å². The first kappa shape index (κ1) is 69.5. The minimum Gasteiger partial charge on any atom is -0.417 e. The van der Waals surface area contributed by atoms with Gasteiger partial charge >= 0.3 is 51.8 Å². The lowest BCUT2D eigenvalue weighted by atomic mass is 10.1. The number of rotatable bonds is 7. The van der Waals surface area contributed by atoms with Crippen molar-refractivity contribution in [3.8, 4) is 56.3 Å². The molecule has 0 saturated heterocycles. The number of pyridine rings is 5. The molecular weight excluding hydrogens is 1190 g/mol. The van der Waals surface area contributed by atoms with E-state index in [1.165, 1.54) is 62.0 Å². The van der Waals surface area contributed by atoms with Gasteiger partial charge in [-0.3, -0.25) is 0 Å². The fraction of sp³-hybridized carbons (Fsp3) is 0.259. The third-order valence-electron chi connectivity index (χ3n) is 16.7. The zero-order valence-corrected chi connectivity index (χ0v) is 56.0. The van der Waals surface area contributed by atoms with E-state index in [2.05, 4.69) is 219 Å². The smallest absolute Gasteiger partial charge is 0.370 e. The van der Waals surface area contributed by atoms with Gasteiger partial charge < -0.3 is 22.1 Å². The van der Waals surface area contributed by atoms with Crippen LogP contribution >= 0.6 is 0 Å². The molecule has 0 saturated carbocycles. The van der Waals surface area contributed by atoms with Crippen LogP contribution in [0.3, 0.4) is 0 Å². The second-order valence-corrected chi connectivity index (χ2v) is 23.9. The van der Waals surface area contributed by atoms with E-state index in [1.54, 1.807) is 13.8 Å². The molecule has 492 valence electrons. The summed E-state index contributed by atoms with van der Waals surface area (Å²) in [5.41, 5.74) is 26.3. The van der Waals surface area contributed by atoms with Gasteiger partial charge in [0.25, 0.3) is 6.39 Å². The van der Waals surface area contributed by atoms with Crippen LogP contribution in [0.15, 0.2) is 210 Å². The molecule has 0 unspecified atom stereocenters. The number of fused-ring (bicyclic) bond motifs is 5. The van der Waals surface area contributed by atoms with Crippen LogP contribution < -0.4 is 22.8 Å². The van der Waals surface area contributed by atoms with Gasteiger partial charge in [0.15, 0.2) is 0 Å². The fourth-order valence-electron chi connectivity index (χ4n) is 11.6. The maximum Gasteiger partial charge on any atom is 0.370 e. The Morgan fingerprint density at radius 2 is 0.573 bits per heavy atom. The SMILES string of the molecule is C.C.C.Cc1ccccc1-c1ccc2oc(C(C)C)nc2[n+]1C.Cc1ccccc1-c1ccc2ocnc2[n+]1C.Cc1nc2c(ccc(-c3ccccc3C)[n+]2C)o1.Cc1nc2c(ccc(-c3ccccc3C)[n+]2C)o1.[2H]C(C)(C)c1nc2c(ccc(-c3ccccc3C)[n+]2C)o1. The van der Waals surface area contributed by atoms with Crippen molar-refractivity contribution in [2.45, 2.75) is 110 Å². The molecule has 0 radical (unpaired) electrons. The Labute approximate surface area is 566 Å². The molecule has 10 heterocycles. The molecule has 0 N–H and O–H groups in total. The molecule has 5 aromatic carbocycles. The molecular formula is C81H93N10O5+5. The number of hydrogen-bond donors (Lipinski definition) is 0. The summed E-state index contributed by atoms with van der Waals surface area (Å²) in [5.74, 6) is 2.08. The highest BCUT2D eigenvalue weighted by molar-refractivity contribution is 5.74. The predicted octanol–water partition coefficient (Wildman–Crippen LogP) is 17.9. The number of hydrogen-bond acceptors (Lipinski definition) is 10. The molecule has 15 rings (SSSR count). The van der Waals surface area contributed by atoms with E-state index in [0.717, 1.165) is 84.9 Å². The van der Waals surface area contributed by atoms with Crippen molar-refractivity contribution < 1.29 is 46.3 Å². The van der Waals surface area contributed by atoms with Crippen LogP contribution in [0.25, 0.3) is 112 Å². The number of benzene rings is 5. The standard InChI is InChI=1S/2C17H19N2O.2C15H15N2O.C14H13N2O.3CH4/c2*1-11(2)17-18-16-15(20-17)10-9-14(19(16)4)13-8-6-5-7-12(13)3;2*1-10-6-4-5-7-12(10)13-8-9-14-15(17(13)3)16-11(2)18-14;1-10-5-3-4-6-11(10)12-7-8-13-14(16(12)2)15-9-17-13;;;/h2*5-11H,1-4H3;2*4-9H,1-3H3;3-9H,1-2H3;3*1H4/q5*+1;;;/i11D;;;;;;;. The molecule has 0 amide bonds. The van der Waals surface area contributed by atoms with Crippen LogP contribution in [0.2, 0.25) is 0 Å². The summed E-state index contributed by atoms with van der Waals surface area (Å²) in [6.45, 7) is 22.0. The summed E-state index contributed by atoms with van der Waals surface area (Å²) in [5, 5.41) is 0. The highest BCUT2D eigenvalue weighted by Crippen LogP contribution is 2.29. The summed E-state index contributed by atoms with van der Waals surface area (Å²) in [6, 6.07) is 61.9. The second-order valence-electron chi connectivity index (χ2n) is 23.9. The average molecular weight is 1290 g/mol. The van der Waals surface area contributed by atoms with Gasteiger partial charge in [0.05, 0.1) is 47.1 Å². The summed E-state index contributed by atoms with van der Waals surface area (Å²) in [7, 11) is 10.1. The summed E-state index contributed by atoms with van der Waals surface area (Å²) in [4.78, 5) is 22.2. The van der Waals surface area contributed by atoms with Crippen LogP contribution in [-0.4, -0.2) is 24.9 Å². The maximum absolute atomic E-state index is 8.06. The molecule has 0 aliphatic rings. The third-order valence-corrected chi connectivity index (χ3v) is 16.7. The number of oxazole rings is 5. The summed E-state index contributed by atoms with van der Waals surface area (Å²) >= 11 is 0. The van der Waals surface area contributed by atoms with E-state index in [0.29, 0.717) is 29.2 Å². The maximum atomic E-state index is 8.06. The van der Waals surface area contributed by atoms with Crippen molar-refractivity contribution in [2.24, 2.45) is 35.2 Å². The normalized spacial score (nSPS) is 11.1. The highest BCUT2D eigenvalue weighted by atomic mass is 16.4. The quantitative estimate of drug-likeness (QED) is 0.141. The van der Waals surface area contributed by atoms with Crippen LogP contribution in [0, 0.1) is 48.5 Å². The zero-order valence-electron chi connectivity index (χ0n) is 57.0. The molecule has 15 aromatic rings. The predicted molar refractivity (Wildman–Crippen MR) is 385 cm³/mol. The summed E-state index contributed by atoms with van der Waals surface area (Å²) in [6.07, 6.45) is 1.48. The zero-order chi connectivity index (χ0) is 66.7. The first-order chi connectivity index (χ1) is 45.1. The first-order valence-corrected chi connectivity index (χ1v) is 31.2. The topological polar surface area (TPSA) is 150 Å². The molecule has 96 heavy (non-hydrogen) atoms. The van der Waals surface area contributed by atoms with E-state index in [-0.39, 0.29) is 22.3 Å². The summed E-state index contributed by atoms with van der Waals surface area (Å²) < 4.78 is 46.3. The monoisotopic (exact) mass is 1290 g/mol. The van der Waals surface area contributed by atoms with Gasteiger partial charge in [0, 0.05) is 43.0 Å². The van der Waals surface area contributed by atoms with Crippen molar-refractivity contribution in [1.82, 2.24) is 24.9 Å². The Bertz CT molecular complexity index is 5110. The van der Waals surface area contributed by atoms with Crippen molar-refractivity contribution >= 4 is 56.2 Å². The Hall–Kier alpha value is -10.8. The molecule has 0 bridgehead atoms. The van der Waals surface area contributed by atoms with E-state index in [9.17, 15) is 0 Å². The van der Waals surface area contributed by atoms with Gasteiger partial charge in [-0.2, -0.15) is 0 Å². The molecule has 0 spiro atoms. The van der Waals surface area contributed by atoms with Gasteiger partial charge in [0.1, 0.15) is 28.5 Å². The van der Waals surface area contributed by atoms with E-state index in [1.807, 2.05) is 108 Å². The number of aromatic nitrogens is 10. The van der Waals surface area contributed by atoms with Crippen molar-refractivity contribution in [2.75, 3.05) is 0 Å². The fourth-order valence-corrected chi connectivity index (χ4v) is 11.6. The number of aryl methyl sites for hydroxylation is 12. The lowest BCUT2D eigenvalue weighted by molar-refractivity contribution is -0.635. The number of nitrogens with zero attached hydrogens (tertiary/aromatic N) is 10. The Balaban J connectivity index is 0.000000154. The molecule has 0 atom stereocenters. The molecule has 15 heteroatoms. The van der Waals surface area contributed by atoms with Gasteiger partial charge in [0.2, 0.25) is 27.9 Å². The van der Waals surface area contributed by atoms with Gasteiger partial charge in [-0.15, -0.1) is 0 Å². The van der Waals surface area contributed by atoms with Crippen LogP contribution in [-0.2, 0) is 35.2 Å². The molecule has 0 aliphatic heterocycles. The molecule has 0 aliphatic carbocycles. The van der Waals surface area contributed by atoms with E-state index < -0.39 is 5.89 Å². The van der Waals surface area contributed by atoms with Crippen LogP contribution in [0.4, 0.5) is 0 Å². The van der Waals surface area contributed by atoms with Gasteiger partial charge in [-0.05, 0) is 148 Å². The Morgan fingerprint density at radius 3 is 0.875 bits per heavy atom. The minimum atomic E-state index is -0.838. The molecule has 15 nitrogen and oxygen atoms in total. The highest BCUT2D eigenvalue weighted by Gasteiger charge is 2.26. The van der Waals surface area contributed by atoms with E-state index >= 15 is 0 Å². The van der Waals surface area contributed by atoms with Crippen LogP contribution in [0.5, 0.6) is 0 Å². The van der Waals surface area contributed by atoms with Crippen molar-refractivity contribution in [3.63, 3.8) is 0 Å². The van der Waals surface area contributed by atoms with Crippen molar-refractivity contribution in [1.29, 1.82) is 0 Å². The Kier molecular flexibility index (Phi) is 22.1. The minimum absolute atomic E-state index is 0. The van der Waals surface area contributed by atoms with Gasteiger partial charge in [-0.25, -0.2) is 22.8 Å². The molecule has 10 aromatic heterocycles. The molecule has 0 fully saturated rings. The third kappa shape index (κ3) is 14.8. The van der Waals surface area contributed by atoms with Crippen molar-refractivity contribution in [3.05, 3.63) is 240 Å². The lowest BCUT2D eigenvalue weighted by Crippen LogP contribution is -2.32. The Morgan fingerprint density at radius 1 is 0.312 bits per heavy atom. The average Bonchev–Trinajstić information content (AvgIpc) is 1.71. The van der Waals surface area contributed by atoms with E-state index in [4.69, 9.17) is 23.5 Å². The first-order valence-electron chi connectivity index (χ1n) is 31.7. The second kappa shape index (κ2) is 30.5. The largest absolute Gasteiger partial charge is 0.417 e.